The minimum Gasteiger partial charge on any atom is -0.462 e. The van der Waals surface area contributed by atoms with E-state index in [-0.39, 0.29) is 25.2 Å². The molecule has 50 heavy (non-hydrogen) atoms. The Kier molecular flexibility index (Phi) is 38.1. The summed E-state index contributed by atoms with van der Waals surface area (Å²) in [5.74, 6) is -0.522. The van der Waals surface area contributed by atoms with E-state index in [0.29, 0.717) is 25.9 Å². The molecule has 0 aromatic carbocycles. The average Bonchev–Trinajstić information content (AvgIpc) is 3.11. The summed E-state index contributed by atoms with van der Waals surface area (Å²) in [5, 5.41) is 0. The summed E-state index contributed by atoms with van der Waals surface area (Å²) < 4.78 is 17.0. The molecule has 1 unspecified atom stereocenters. The number of hydrogen-bond acceptors (Lipinski definition) is 5. The Morgan fingerprint density at radius 3 is 1.52 bits per heavy atom. The second kappa shape index (κ2) is 40.5. The van der Waals surface area contributed by atoms with Gasteiger partial charge in [0.2, 0.25) is 0 Å². The zero-order valence-corrected chi connectivity index (χ0v) is 32.4. The molecule has 284 valence electrons. The van der Waals surface area contributed by atoms with Crippen LogP contribution in [0.15, 0.2) is 85.1 Å². The summed E-state index contributed by atoms with van der Waals surface area (Å²) in [5.41, 5.74) is 0. The molecule has 0 spiro atoms. The van der Waals surface area contributed by atoms with Crippen molar-refractivity contribution in [2.45, 2.75) is 168 Å². The highest BCUT2D eigenvalue weighted by atomic mass is 16.6. The van der Waals surface area contributed by atoms with Crippen molar-refractivity contribution in [3.8, 4) is 0 Å². The van der Waals surface area contributed by atoms with Gasteiger partial charge in [-0.15, -0.1) is 0 Å². The van der Waals surface area contributed by atoms with Gasteiger partial charge in [0.1, 0.15) is 6.61 Å². The van der Waals surface area contributed by atoms with Gasteiger partial charge in [0.25, 0.3) is 0 Å². The second-order valence-electron chi connectivity index (χ2n) is 12.8. The van der Waals surface area contributed by atoms with Gasteiger partial charge in [0.15, 0.2) is 6.10 Å². The van der Waals surface area contributed by atoms with Crippen LogP contribution in [0.1, 0.15) is 162 Å². The van der Waals surface area contributed by atoms with E-state index in [2.05, 4.69) is 99.8 Å². The van der Waals surface area contributed by atoms with Crippen LogP contribution >= 0.6 is 0 Å². The largest absolute Gasteiger partial charge is 0.462 e. The first-order valence-corrected chi connectivity index (χ1v) is 20.1. The maximum absolute atomic E-state index is 12.6. The summed E-state index contributed by atoms with van der Waals surface area (Å²) in [7, 11) is 0. The maximum atomic E-state index is 12.6. The topological polar surface area (TPSA) is 61.8 Å². The lowest BCUT2D eigenvalue weighted by atomic mass is 10.1. The van der Waals surface area contributed by atoms with Crippen LogP contribution in [0, 0.1) is 0 Å². The molecule has 0 heterocycles. The minimum absolute atomic E-state index is 0.0437. The molecule has 0 saturated carbocycles. The Morgan fingerprint density at radius 1 is 0.460 bits per heavy atom. The number of ether oxygens (including phenoxy) is 3. The Balaban J connectivity index is 4.31. The number of rotatable bonds is 35. The number of carbonyl (C=O) groups excluding carboxylic acids is 2. The molecule has 5 heteroatoms. The van der Waals surface area contributed by atoms with Gasteiger partial charge in [-0.05, 0) is 77.0 Å². The number of carbonyl (C=O) groups is 2. The maximum Gasteiger partial charge on any atom is 0.306 e. The summed E-state index contributed by atoms with van der Waals surface area (Å²) in [6.45, 7) is 7.43. The first-order chi connectivity index (χ1) is 24.6. The average molecular weight is 695 g/mol. The molecule has 5 nitrogen and oxygen atoms in total. The predicted molar refractivity (Wildman–Crippen MR) is 214 cm³/mol. The molecule has 0 fully saturated rings. The van der Waals surface area contributed by atoms with Gasteiger partial charge in [-0.2, -0.15) is 0 Å². The highest BCUT2D eigenvalue weighted by Crippen LogP contribution is 2.10. The highest BCUT2D eigenvalue weighted by molar-refractivity contribution is 5.70. The summed E-state index contributed by atoms with van der Waals surface area (Å²) in [4.78, 5) is 25.0. The molecule has 0 saturated heterocycles. The van der Waals surface area contributed by atoms with Gasteiger partial charge in [-0.1, -0.05) is 157 Å². The van der Waals surface area contributed by atoms with Crippen molar-refractivity contribution in [1.82, 2.24) is 0 Å². The highest BCUT2D eigenvalue weighted by Gasteiger charge is 2.17. The van der Waals surface area contributed by atoms with Crippen LogP contribution in [-0.4, -0.2) is 37.9 Å². The smallest absolute Gasteiger partial charge is 0.306 e. The fourth-order valence-electron chi connectivity index (χ4n) is 5.01. The lowest BCUT2D eigenvalue weighted by molar-refractivity contribution is -0.162. The van der Waals surface area contributed by atoms with Crippen LogP contribution < -0.4 is 0 Å². The number of allylic oxidation sites excluding steroid dienone is 14. The Labute approximate surface area is 308 Å². The molecule has 0 aliphatic rings. The molecule has 0 aliphatic heterocycles. The molecule has 0 aliphatic carbocycles. The molecule has 1 atom stereocenters. The van der Waals surface area contributed by atoms with E-state index in [1.807, 2.05) is 6.08 Å². The molecule has 0 radical (unpaired) electrons. The van der Waals surface area contributed by atoms with Gasteiger partial charge in [0, 0.05) is 19.4 Å². The Hall–Kier alpha value is -2.92. The van der Waals surface area contributed by atoms with Gasteiger partial charge >= 0.3 is 11.9 Å². The van der Waals surface area contributed by atoms with Gasteiger partial charge in [0.05, 0.1) is 6.61 Å². The third-order valence-electron chi connectivity index (χ3n) is 7.94. The molecule has 0 rings (SSSR count). The van der Waals surface area contributed by atoms with Crippen molar-refractivity contribution in [2.24, 2.45) is 0 Å². The normalized spacial score (nSPS) is 13.1. The monoisotopic (exact) mass is 695 g/mol. The molecular weight excluding hydrogens is 620 g/mol. The molecule has 0 bridgehead atoms. The van der Waals surface area contributed by atoms with E-state index < -0.39 is 6.10 Å². The molecule has 0 aromatic rings. The second-order valence-corrected chi connectivity index (χ2v) is 12.8. The SMILES string of the molecule is CC/C=C\C/C=C\C/C=C\C/C=C\CCC(=O)OC(COCCCCCCCC)COC(=O)CCCCCCC/C=C\C/C=C\C/C=C\CC. The molecule has 0 aromatic heterocycles. The summed E-state index contributed by atoms with van der Waals surface area (Å²) in [6.07, 6.45) is 51.7. The fraction of sp³-hybridized carbons (Fsp3) is 0.644. The van der Waals surface area contributed by atoms with Crippen LogP contribution in [0.5, 0.6) is 0 Å². The lowest BCUT2D eigenvalue weighted by Crippen LogP contribution is -2.30. The number of hydrogen-bond donors (Lipinski definition) is 0. The Bertz CT molecular complexity index is 968. The molecular formula is C45H74O5. The standard InChI is InChI=1S/C45H74O5/c1-4-7-10-13-16-18-20-22-23-25-26-28-30-32-35-38-44(46)49-42-43(41-48-40-37-34-15-12-9-6-3)50-45(47)39-36-33-31-29-27-24-21-19-17-14-11-8-5-2/h7-8,10-11,16-19,22-24,27,31,33,43H,4-6,9,12-15,20-21,25-26,28-30,32,34-42H2,1-3H3/b10-7-,11-8-,18-16-,19-17-,23-22-,27-24-,33-31-. The first-order valence-electron chi connectivity index (χ1n) is 20.1. The van der Waals surface area contributed by atoms with Crippen molar-refractivity contribution in [2.75, 3.05) is 19.8 Å². The van der Waals surface area contributed by atoms with E-state index in [1.165, 1.54) is 38.5 Å². The van der Waals surface area contributed by atoms with Crippen molar-refractivity contribution in [3.05, 3.63) is 85.1 Å². The number of unbranched alkanes of at least 4 members (excludes halogenated alkanes) is 10. The third-order valence-corrected chi connectivity index (χ3v) is 7.94. The molecule has 0 N–H and O–H groups in total. The van der Waals surface area contributed by atoms with Crippen molar-refractivity contribution in [1.29, 1.82) is 0 Å². The zero-order chi connectivity index (χ0) is 36.4. The number of esters is 2. The summed E-state index contributed by atoms with van der Waals surface area (Å²) >= 11 is 0. The Morgan fingerprint density at radius 2 is 0.940 bits per heavy atom. The van der Waals surface area contributed by atoms with E-state index in [1.54, 1.807) is 0 Å². The van der Waals surface area contributed by atoms with Crippen LogP contribution in [0.3, 0.4) is 0 Å². The van der Waals surface area contributed by atoms with Crippen molar-refractivity contribution < 1.29 is 23.8 Å². The van der Waals surface area contributed by atoms with Gasteiger partial charge in [-0.3, -0.25) is 9.59 Å². The van der Waals surface area contributed by atoms with Gasteiger partial charge < -0.3 is 14.2 Å². The van der Waals surface area contributed by atoms with E-state index in [4.69, 9.17) is 14.2 Å². The third kappa shape index (κ3) is 37.9. The van der Waals surface area contributed by atoms with Gasteiger partial charge in [-0.25, -0.2) is 0 Å². The summed E-state index contributed by atoms with van der Waals surface area (Å²) in [6, 6.07) is 0. The van der Waals surface area contributed by atoms with Crippen LogP contribution in [0.4, 0.5) is 0 Å². The first kappa shape index (κ1) is 47.1. The predicted octanol–water partition coefficient (Wildman–Crippen LogP) is 13.0. The fourth-order valence-corrected chi connectivity index (χ4v) is 5.01. The van der Waals surface area contributed by atoms with Crippen LogP contribution in [0.25, 0.3) is 0 Å². The van der Waals surface area contributed by atoms with E-state index >= 15 is 0 Å². The zero-order valence-electron chi connectivity index (χ0n) is 32.4. The van der Waals surface area contributed by atoms with Crippen LogP contribution in [-0.2, 0) is 23.8 Å². The molecule has 0 amide bonds. The van der Waals surface area contributed by atoms with E-state index in [0.717, 1.165) is 83.5 Å². The van der Waals surface area contributed by atoms with E-state index in [9.17, 15) is 9.59 Å². The lowest BCUT2D eigenvalue weighted by Gasteiger charge is -2.18. The van der Waals surface area contributed by atoms with Crippen molar-refractivity contribution in [3.63, 3.8) is 0 Å². The van der Waals surface area contributed by atoms with Crippen LogP contribution in [0.2, 0.25) is 0 Å². The minimum atomic E-state index is -0.578. The quantitative estimate of drug-likeness (QED) is 0.0375. The van der Waals surface area contributed by atoms with Crippen molar-refractivity contribution >= 4 is 11.9 Å².